The number of amides is 5. The number of nitrogens with one attached hydrogen (secondary N) is 3. The molecule has 0 aromatic heterocycles. The number of ketones is 1. The molecule has 4 atom stereocenters. The highest BCUT2D eigenvalue weighted by Gasteiger charge is 2.48. The first-order valence-electron chi connectivity index (χ1n) is 17.5. The van der Waals surface area contributed by atoms with Gasteiger partial charge >= 0.3 is 6.03 Å². The zero-order chi connectivity index (χ0) is 35.4. The Kier molecular flexibility index (Phi) is 12.6. The van der Waals surface area contributed by atoms with Crippen LogP contribution >= 0.6 is 0 Å². The molecule has 0 aromatic rings. The lowest BCUT2D eigenvalue weighted by molar-refractivity contribution is -0.144. The van der Waals surface area contributed by atoms with Crippen LogP contribution in [0, 0.1) is 17.3 Å². The maximum absolute atomic E-state index is 14.4. The number of hydrogen-bond acceptors (Lipinski definition) is 7. The molecule has 268 valence electrons. The molecule has 3 fully saturated rings. The molecule has 5 N–H and O–H groups in total. The van der Waals surface area contributed by atoms with Crippen molar-refractivity contribution in [1.29, 1.82) is 0 Å². The number of nitrogens with two attached hydrogens (primary N) is 1. The number of rotatable bonds is 13. The number of carbonyl (C=O) groups excluding carboxylic acids is 5. The van der Waals surface area contributed by atoms with E-state index in [1.54, 1.807) is 20.8 Å². The second-order valence-electron chi connectivity index (χ2n) is 16.2. The molecule has 0 aromatic carbocycles. The molecule has 2 saturated carbocycles. The van der Waals surface area contributed by atoms with Crippen LogP contribution < -0.4 is 21.7 Å². The van der Waals surface area contributed by atoms with E-state index in [0.717, 1.165) is 44.9 Å². The molecule has 0 radical (unpaired) electrons. The van der Waals surface area contributed by atoms with Crippen molar-refractivity contribution in [3.63, 3.8) is 0 Å². The van der Waals surface area contributed by atoms with Gasteiger partial charge in [0.1, 0.15) is 12.1 Å². The molecule has 0 spiro atoms. The van der Waals surface area contributed by atoms with Crippen molar-refractivity contribution in [2.75, 3.05) is 12.3 Å². The van der Waals surface area contributed by atoms with E-state index in [0.29, 0.717) is 38.6 Å². The van der Waals surface area contributed by atoms with E-state index >= 15 is 0 Å². The average Bonchev–Trinajstić information content (AvgIpc) is 3.35. The number of hydrogen-bond donors (Lipinski definition) is 4. The topological polar surface area (TPSA) is 185 Å². The van der Waals surface area contributed by atoms with Gasteiger partial charge in [-0.2, -0.15) is 0 Å². The van der Waals surface area contributed by atoms with Crippen molar-refractivity contribution < 1.29 is 32.4 Å². The van der Waals surface area contributed by atoms with Crippen molar-refractivity contribution >= 4 is 39.4 Å². The van der Waals surface area contributed by atoms with Crippen LogP contribution in [0.15, 0.2) is 0 Å². The molecule has 1 aliphatic heterocycles. The van der Waals surface area contributed by atoms with Crippen molar-refractivity contribution in [3.05, 3.63) is 0 Å². The third-order valence-electron chi connectivity index (χ3n) is 10.4. The number of likely N-dealkylation sites (tertiary alicyclic amines) is 1. The number of Topliss-reactive ketones (excluding diaryl/α,β-unsaturated/α-hetero) is 1. The van der Waals surface area contributed by atoms with Crippen LogP contribution in [0.2, 0.25) is 0 Å². The van der Waals surface area contributed by atoms with Crippen LogP contribution in [0.4, 0.5) is 4.79 Å². The van der Waals surface area contributed by atoms with Crippen molar-refractivity contribution in [2.45, 2.75) is 154 Å². The van der Waals surface area contributed by atoms with Gasteiger partial charge in [0.05, 0.1) is 22.1 Å². The first kappa shape index (κ1) is 38.7. The number of nitrogens with zero attached hydrogens (tertiary/aromatic N) is 1. The summed E-state index contributed by atoms with van der Waals surface area (Å²) in [6, 6.07) is -3.59. The predicted octanol–water partition coefficient (Wildman–Crippen LogP) is 3.36. The minimum atomic E-state index is -3.56. The Balaban J connectivity index is 1.85. The van der Waals surface area contributed by atoms with Crippen LogP contribution in [-0.2, 0) is 29.0 Å². The number of primary amides is 1. The molecule has 2 aliphatic carbocycles. The fraction of sp³-hybridized carbons (Fsp3) is 0.853. The lowest BCUT2D eigenvalue weighted by Gasteiger charge is -2.41. The second-order valence-corrected chi connectivity index (χ2v) is 19.0. The van der Waals surface area contributed by atoms with Gasteiger partial charge in [-0.15, -0.1) is 0 Å². The third kappa shape index (κ3) is 9.69. The molecule has 1 saturated heterocycles. The average molecular weight is 682 g/mol. The van der Waals surface area contributed by atoms with Crippen LogP contribution in [0.25, 0.3) is 0 Å². The molecule has 1 heterocycles. The van der Waals surface area contributed by atoms with Gasteiger partial charge in [-0.3, -0.25) is 19.2 Å². The van der Waals surface area contributed by atoms with Gasteiger partial charge in [-0.25, -0.2) is 13.2 Å². The summed E-state index contributed by atoms with van der Waals surface area (Å²) >= 11 is 0. The fourth-order valence-corrected chi connectivity index (χ4v) is 8.71. The SMILES string of the molecule is CCC[C@H]1CCN(C(=O)C(NC(=O)NC2(CS(=O)(=O)C(C)(C)C)CCCCC2)C(C)(C)C)C1C(=O)NC(CC1CCC1)C(=O)C(N)=O. The van der Waals surface area contributed by atoms with Gasteiger partial charge in [0.25, 0.3) is 5.91 Å². The van der Waals surface area contributed by atoms with Gasteiger partial charge in [0.15, 0.2) is 9.84 Å². The Labute approximate surface area is 281 Å². The monoisotopic (exact) mass is 681 g/mol. The predicted molar refractivity (Wildman–Crippen MR) is 181 cm³/mol. The van der Waals surface area contributed by atoms with Crippen molar-refractivity contribution in [3.8, 4) is 0 Å². The van der Waals surface area contributed by atoms with Gasteiger partial charge < -0.3 is 26.6 Å². The highest BCUT2D eigenvalue weighted by Crippen LogP contribution is 2.35. The zero-order valence-corrected chi connectivity index (χ0v) is 30.4. The molecule has 12 nitrogen and oxygen atoms in total. The van der Waals surface area contributed by atoms with E-state index in [2.05, 4.69) is 16.0 Å². The van der Waals surface area contributed by atoms with E-state index in [9.17, 15) is 32.4 Å². The summed E-state index contributed by atoms with van der Waals surface area (Å²) in [4.78, 5) is 68.0. The first-order chi connectivity index (χ1) is 21.7. The van der Waals surface area contributed by atoms with Crippen LogP contribution in [0.5, 0.6) is 0 Å². The lowest BCUT2D eigenvalue weighted by Crippen LogP contribution is -2.64. The minimum absolute atomic E-state index is 0.167. The zero-order valence-electron chi connectivity index (χ0n) is 29.6. The highest BCUT2D eigenvalue weighted by molar-refractivity contribution is 7.92. The molecule has 0 bridgehead atoms. The quantitative estimate of drug-likeness (QED) is 0.215. The summed E-state index contributed by atoms with van der Waals surface area (Å²) in [6.07, 6.45) is 8.77. The summed E-state index contributed by atoms with van der Waals surface area (Å²) in [5.74, 6) is -3.02. The van der Waals surface area contributed by atoms with Crippen LogP contribution in [-0.4, -0.2) is 83.6 Å². The molecular weight excluding hydrogens is 622 g/mol. The van der Waals surface area contributed by atoms with Gasteiger partial charge in [0.2, 0.25) is 17.6 Å². The van der Waals surface area contributed by atoms with E-state index in [1.165, 1.54) is 4.90 Å². The van der Waals surface area contributed by atoms with Gasteiger partial charge in [-0.1, -0.05) is 72.6 Å². The molecule has 5 amide bonds. The number of carbonyl (C=O) groups is 5. The Morgan fingerprint density at radius 3 is 2.02 bits per heavy atom. The van der Waals surface area contributed by atoms with E-state index < -0.39 is 73.2 Å². The summed E-state index contributed by atoms with van der Waals surface area (Å²) in [5, 5.41) is 8.64. The third-order valence-corrected chi connectivity index (χ3v) is 13.2. The van der Waals surface area contributed by atoms with Crippen molar-refractivity contribution in [2.24, 2.45) is 23.0 Å². The molecule has 3 unspecified atom stereocenters. The molecule has 3 rings (SSSR count). The van der Waals surface area contributed by atoms with Gasteiger partial charge in [0, 0.05) is 6.54 Å². The normalized spacial score (nSPS) is 23.3. The largest absolute Gasteiger partial charge is 0.363 e. The van der Waals surface area contributed by atoms with Crippen LogP contribution in [0.1, 0.15) is 126 Å². The lowest BCUT2D eigenvalue weighted by atomic mass is 9.80. The summed E-state index contributed by atoms with van der Waals surface area (Å²) < 4.78 is 25.6. The fourth-order valence-electron chi connectivity index (χ4n) is 7.19. The first-order valence-corrected chi connectivity index (χ1v) is 19.1. The minimum Gasteiger partial charge on any atom is -0.363 e. The summed E-state index contributed by atoms with van der Waals surface area (Å²) in [7, 11) is -3.56. The highest BCUT2D eigenvalue weighted by atomic mass is 32.2. The van der Waals surface area contributed by atoms with Gasteiger partial charge in [-0.05, 0) is 70.1 Å². The van der Waals surface area contributed by atoms with Crippen molar-refractivity contribution in [1.82, 2.24) is 20.9 Å². The summed E-state index contributed by atoms with van der Waals surface area (Å²) in [5.41, 5.74) is 3.62. The summed E-state index contributed by atoms with van der Waals surface area (Å²) in [6.45, 7) is 12.7. The standard InChI is InChI=1S/C34H59N5O7S/c1-8-13-23-16-19-39(25(23)29(42)36-24(26(40)28(35)41)20-22-14-12-15-22)30(43)27(32(2,3)4)37-31(44)38-34(17-10-9-11-18-34)21-47(45,46)33(5,6)7/h22-25,27H,8-21H2,1-7H3,(H2,35,41)(H,36,42)(H2,37,38,44)/t23-,24?,25?,27?/m0/s1. The Bertz CT molecular complexity index is 1280. The maximum atomic E-state index is 14.4. The number of sulfone groups is 1. The Morgan fingerprint density at radius 1 is 0.915 bits per heavy atom. The van der Waals surface area contributed by atoms with Crippen LogP contribution in [0.3, 0.4) is 0 Å². The molecule has 3 aliphatic rings. The molecular formula is C34H59N5O7S. The maximum Gasteiger partial charge on any atom is 0.315 e. The molecule has 47 heavy (non-hydrogen) atoms. The second kappa shape index (κ2) is 15.2. The Hall–Kier alpha value is -2.70. The van der Waals surface area contributed by atoms with E-state index in [-0.39, 0.29) is 17.6 Å². The van der Waals surface area contributed by atoms with E-state index in [4.69, 9.17) is 5.73 Å². The smallest absolute Gasteiger partial charge is 0.315 e. The molecule has 13 heteroatoms. The number of urea groups is 1. The van der Waals surface area contributed by atoms with E-state index in [1.807, 2.05) is 27.7 Å². The Morgan fingerprint density at radius 2 is 1.53 bits per heavy atom.